The molecule has 2 fully saturated rings. The summed E-state index contributed by atoms with van der Waals surface area (Å²) in [6.45, 7) is 3.72. The van der Waals surface area contributed by atoms with E-state index in [2.05, 4.69) is 31.9 Å². The number of benzene rings is 1. The van der Waals surface area contributed by atoms with Crippen LogP contribution < -0.4 is 10.6 Å². The molecule has 0 radical (unpaired) electrons. The van der Waals surface area contributed by atoms with Gasteiger partial charge in [0.25, 0.3) is 0 Å². The SMILES string of the molecule is O=C(NC[C@H]1CCN(Cc2ccc3nonc3c2)C1)NC1CCCC1. The first kappa shape index (κ1) is 16.3. The summed E-state index contributed by atoms with van der Waals surface area (Å²) < 4.78 is 4.75. The molecule has 1 aliphatic heterocycles. The fraction of sp³-hybridized carbons (Fsp3) is 0.611. The Morgan fingerprint density at radius 2 is 2.04 bits per heavy atom. The largest absolute Gasteiger partial charge is 0.338 e. The zero-order valence-corrected chi connectivity index (χ0v) is 14.4. The number of fused-ring (bicyclic) bond motifs is 1. The predicted molar refractivity (Wildman–Crippen MR) is 94.0 cm³/mol. The third-order valence-electron chi connectivity index (χ3n) is 5.34. The van der Waals surface area contributed by atoms with E-state index in [0.717, 1.165) is 56.5 Å². The van der Waals surface area contributed by atoms with Crippen LogP contribution in [0, 0.1) is 5.92 Å². The summed E-state index contributed by atoms with van der Waals surface area (Å²) in [7, 11) is 0. The third kappa shape index (κ3) is 4.10. The highest BCUT2D eigenvalue weighted by atomic mass is 16.6. The lowest BCUT2D eigenvalue weighted by atomic mass is 10.1. The van der Waals surface area contributed by atoms with Crippen molar-refractivity contribution in [1.29, 1.82) is 0 Å². The summed E-state index contributed by atoms with van der Waals surface area (Å²) in [5, 5.41) is 13.9. The summed E-state index contributed by atoms with van der Waals surface area (Å²) in [5.41, 5.74) is 2.81. The van der Waals surface area contributed by atoms with Crippen molar-refractivity contribution in [2.75, 3.05) is 19.6 Å². The highest BCUT2D eigenvalue weighted by molar-refractivity contribution is 5.74. The Labute approximate surface area is 147 Å². The minimum absolute atomic E-state index is 0.00525. The number of hydrogen-bond donors (Lipinski definition) is 2. The van der Waals surface area contributed by atoms with Crippen LogP contribution >= 0.6 is 0 Å². The molecule has 1 saturated carbocycles. The molecular formula is C18H25N5O2. The third-order valence-corrected chi connectivity index (χ3v) is 5.34. The van der Waals surface area contributed by atoms with Gasteiger partial charge in [0.05, 0.1) is 0 Å². The van der Waals surface area contributed by atoms with Crippen LogP contribution in [0.3, 0.4) is 0 Å². The average Bonchev–Trinajstić information content (AvgIpc) is 3.34. The molecule has 4 rings (SSSR count). The van der Waals surface area contributed by atoms with Gasteiger partial charge in [0.1, 0.15) is 11.0 Å². The van der Waals surface area contributed by atoms with Crippen molar-refractivity contribution in [3.63, 3.8) is 0 Å². The van der Waals surface area contributed by atoms with E-state index in [0.29, 0.717) is 12.0 Å². The maximum Gasteiger partial charge on any atom is 0.315 e. The van der Waals surface area contributed by atoms with E-state index in [1.54, 1.807) is 0 Å². The van der Waals surface area contributed by atoms with Crippen molar-refractivity contribution < 1.29 is 9.42 Å². The maximum atomic E-state index is 12.0. The minimum Gasteiger partial charge on any atom is -0.338 e. The van der Waals surface area contributed by atoms with Crippen molar-refractivity contribution in [3.8, 4) is 0 Å². The van der Waals surface area contributed by atoms with Gasteiger partial charge in [0.2, 0.25) is 0 Å². The number of nitrogens with one attached hydrogen (secondary N) is 2. The maximum absolute atomic E-state index is 12.0. The standard InChI is InChI=1S/C18H25N5O2/c24-18(20-15-3-1-2-4-15)19-10-14-7-8-23(12-14)11-13-5-6-16-17(9-13)22-25-21-16/h5-6,9,14-15H,1-4,7-8,10-12H2,(H2,19,20,24)/t14-/m1/s1. The fourth-order valence-corrected chi connectivity index (χ4v) is 3.95. The van der Waals surface area contributed by atoms with Crippen LogP contribution in [0.25, 0.3) is 11.0 Å². The lowest BCUT2D eigenvalue weighted by Gasteiger charge is -2.17. The lowest BCUT2D eigenvalue weighted by molar-refractivity contribution is 0.234. The number of likely N-dealkylation sites (tertiary alicyclic amines) is 1. The second-order valence-corrected chi connectivity index (χ2v) is 7.31. The predicted octanol–water partition coefficient (Wildman–Crippen LogP) is 2.29. The van der Waals surface area contributed by atoms with Crippen LogP contribution in [0.1, 0.15) is 37.7 Å². The molecule has 1 aromatic carbocycles. The van der Waals surface area contributed by atoms with Gasteiger partial charge in [-0.1, -0.05) is 18.9 Å². The van der Waals surface area contributed by atoms with Crippen LogP contribution in [0.15, 0.2) is 22.8 Å². The number of urea groups is 1. The Morgan fingerprint density at radius 1 is 1.20 bits per heavy atom. The molecule has 7 nitrogen and oxygen atoms in total. The number of carbonyl (C=O) groups excluding carboxylic acids is 1. The van der Waals surface area contributed by atoms with E-state index in [4.69, 9.17) is 4.63 Å². The van der Waals surface area contributed by atoms with Gasteiger partial charge in [-0.05, 0) is 59.7 Å². The van der Waals surface area contributed by atoms with Crippen LogP contribution in [0.2, 0.25) is 0 Å². The smallest absolute Gasteiger partial charge is 0.315 e. The number of carbonyl (C=O) groups is 1. The molecule has 2 aromatic rings. The van der Waals surface area contributed by atoms with Crippen molar-refractivity contribution in [2.45, 2.75) is 44.7 Å². The van der Waals surface area contributed by atoms with Gasteiger partial charge in [0.15, 0.2) is 0 Å². The van der Waals surface area contributed by atoms with Crippen LogP contribution in [-0.4, -0.2) is 46.9 Å². The number of rotatable bonds is 5. The fourth-order valence-electron chi connectivity index (χ4n) is 3.95. The van der Waals surface area contributed by atoms with Gasteiger partial charge in [-0.2, -0.15) is 0 Å². The molecule has 7 heteroatoms. The number of aromatic nitrogens is 2. The molecule has 1 atom stereocenters. The van der Waals surface area contributed by atoms with Crippen molar-refractivity contribution >= 4 is 17.1 Å². The van der Waals surface area contributed by atoms with E-state index < -0.39 is 0 Å². The van der Waals surface area contributed by atoms with E-state index in [9.17, 15) is 4.79 Å². The topological polar surface area (TPSA) is 83.3 Å². The highest BCUT2D eigenvalue weighted by Gasteiger charge is 2.24. The number of hydrogen-bond acceptors (Lipinski definition) is 5. The van der Waals surface area contributed by atoms with Crippen molar-refractivity contribution in [1.82, 2.24) is 25.8 Å². The molecule has 2 aliphatic rings. The summed E-state index contributed by atoms with van der Waals surface area (Å²) in [5.74, 6) is 0.520. The number of nitrogens with zero attached hydrogens (tertiary/aromatic N) is 3. The van der Waals surface area contributed by atoms with Crippen LogP contribution in [0.4, 0.5) is 4.79 Å². The highest BCUT2D eigenvalue weighted by Crippen LogP contribution is 2.20. The molecule has 2 heterocycles. The molecule has 0 spiro atoms. The first-order valence-corrected chi connectivity index (χ1v) is 9.24. The summed E-state index contributed by atoms with van der Waals surface area (Å²) in [6.07, 6.45) is 5.83. The van der Waals surface area contributed by atoms with Crippen molar-refractivity contribution in [2.24, 2.45) is 5.92 Å². The van der Waals surface area contributed by atoms with Gasteiger partial charge >= 0.3 is 6.03 Å². The second kappa shape index (κ2) is 7.39. The van der Waals surface area contributed by atoms with Gasteiger partial charge in [-0.25, -0.2) is 9.42 Å². The normalized spacial score (nSPS) is 21.8. The molecule has 2 N–H and O–H groups in total. The molecular weight excluding hydrogens is 318 g/mol. The van der Waals surface area contributed by atoms with E-state index >= 15 is 0 Å². The van der Waals surface area contributed by atoms with Crippen LogP contribution in [0.5, 0.6) is 0 Å². The first-order chi connectivity index (χ1) is 12.3. The molecule has 134 valence electrons. The Hall–Kier alpha value is -2.15. The molecule has 1 saturated heterocycles. The quantitative estimate of drug-likeness (QED) is 0.870. The summed E-state index contributed by atoms with van der Waals surface area (Å²) in [4.78, 5) is 14.4. The van der Waals surface area contributed by atoms with Gasteiger partial charge in [-0.3, -0.25) is 4.90 Å². The van der Waals surface area contributed by atoms with E-state index in [1.807, 2.05) is 12.1 Å². The van der Waals surface area contributed by atoms with E-state index in [-0.39, 0.29) is 6.03 Å². The Kier molecular flexibility index (Phi) is 4.83. The second-order valence-electron chi connectivity index (χ2n) is 7.31. The molecule has 0 unspecified atom stereocenters. The monoisotopic (exact) mass is 343 g/mol. The first-order valence-electron chi connectivity index (χ1n) is 9.24. The summed E-state index contributed by atoms with van der Waals surface area (Å²) in [6, 6.07) is 6.43. The van der Waals surface area contributed by atoms with Crippen LogP contribution in [-0.2, 0) is 6.54 Å². The molecule has 1 aromatic heterocycles. The van der Waals surface area contributed by atoms with Gasteiger partial charge in [-0.15, -0.1) is 0 Å². The zero-order valence-electron chi connectivity index (χ0n) is 14.4. The Morgan fingerprint density at radius 3 is 2.92 bits per heavy atom. The number of amides is 2. The van der Waals surface area contributed by atoms with Crippen molar-refractivity contribution in [3.05, 3.63) is 23.8 Å². The average molecular weight is 343 g/mol. The Bertz CT molecular complexity index is 725. The molecule has 1 aliphatic carbocycles. The van der Waals surface area contributed by atoms with Gasteiger partial charge < -0.3 is 10.6 Å². The van der Waals surface area contributed by atoms with Gasteiger partial charge in [0, 0.05) is 25.7 Å². The molecule has 2 amide bonds. The molecule has 0 bridgehead atoms. The Balaban J connectivity index is 1.21. The van der Waals surface area contributed by atoms with E-state index in [1.165, 1.54) is 18.4 Å². The zero-order chi connectivity index (χ0) is 17.1. The minimum atomic E-state index is -0.00525. The summed E-state index contributed by atoms with van der Waals surface area (Å²) >= 11 is 0. The lowest BCUT2D eigenvalue weighted by Crippen LogP contribution is -2.42. The molecule has 25 heavy (non-hydrogen) atoms.